The van der Waals surface area contributed by atoms with Crippen LogP contribution in [0.2, 0.25) is 0 Å². The summed E-state index contributed by atoms with van der Waals surface area (Å²) in [7, 11) is 0. The summed E-state index contributed by atoms with van der Waals surface area (Å²) in [5, 5.41) is 18.6. The summed E-state index contributed by atoms with van der Waals surface area (Å²) in [6.07, 6.45) is 0. The first-order valence-electron chi connectivity index (χ1n) is 7.14. The van der Waals surface area contributed by atoms with Gasteiger partial charge in [-0.15, -0.1) is 0 Å². The molecule has 1 unspecified atom stereocenters. The number of aromatic hydroxyl groups is 1. The average molecular weight is 309 g/mol. The zero-order valence-electron chi connectivity index (χ0n) is 12.4. The second-order valence-electron chi connectivity index (χ2n) is 5.20. The smallest absolute Gasteiger partial charge is 0.315 e. The molecule has 23 heavy (non-hydrogen) atoms. The fraction of sp³-hybridized carbons (Fsp3) is 0.111. The Morgan fingerprint density at radius 2 is 1.70 bits per heavy atom. The van der Waals surface area contributed by atoms with Gasteiger partial charge >= 0.3 is 5.97 Å². The lowest BCUT2D eigenvalue weighted by molar-refractivity contribution is -0.138. The van der Waals surface area contributed by atoms with Crippen molar-refractivity contribution in [2.45, 2.75) is 12.8 Å². The zero-order valence-corrected chi connectivity index (χ0v) is 12.4. The van der Waals surface area contributed by atoms with Gasteiger partial charge in [-0.3, -0.25) is 4.79 Å². The highest BCUT2D eigenvalue weighted by atomic mass is 16.4. The van der Waals surface area contributed by atoms with E-state index in [0.717, 1.165) is 11.1 Å². The lowest BCUT2D eigenvalue weighted by Gasteiger charge is -2.01. The highest BCUT2D eigenvalue weighted by molar-refractivity contribution is 5.79. The van der Waals surface area contributed by atoms with Crippen molar-refractivity contribution in [1.82, 2.24) is 4.98 Å². The maximum Gasteiger partial charge on any atom is 0.315 e. The molecule has 3 aromatic rings. The number of carboxylic acid groups (broad SMARTS) is 1. The van der Waals surface area contributed by atoms with Crippen molar-refractivity contribution in [2.75, 3.05) is 0 Å². The molecule has 1 aromatic heterocycles. The first-order valence-corrected chi connectivity index (χ1v) is 7.14. The first-order chi connectivity index (χ1) is 11.1. The number of benzene rings is 2. The molecule has 0 aliphatic carbocycles. The van der Waals surface area contributed by atoms with E-state index in [1.165, 1.54) is 6.92 Å². The molecule has 0 aliphatic rings. The summed E-state index contributed by atoms with van der Waals surface area (Å²) < 4.78 is 5.75. The van der Waals surface area contributed by atoms with Gasteiger partial charge < -0.3 is 14.6 Å². The molecule has 0 amide bonds. The molecule has 0 radical (unpaired) electrons. The molecular weight excluding hydrogens is 294 g/mol. The molecule has 2 N–H and O–H groups in total. The van der Waals surface area contributed by atoms with E-state index in [9.17, 15) is 15.0 Å². The van der Waals surface area contributed by atoms with Gasteiger partial charge in [-0.1, -0.05) is 30.3 Å². The van der Waals surface area contributed by atoms with Crippen LogP contribution < -0.4 is 0 Å². The second kappa shape index (κ2) is 5.96. The summed E-state index contributed by atoms with van der Waals surface area (Å²) in [6.45, 7) is 1.53. The van der Waals surface area contributed by atoms with Gasteiger partial charge in [-0.2, -0.15) is 0 Å². The Kier molecular flexibility index (Phi) is 3.85. The van der Waals surface area contributed by atoms with Crippen molar-refractivity contribution in [3.05, 3.63) is 60.5 Å². The van der Waals surface area contributed by atoms with Crippen LogP contribution in [0.5, 0.6) is 5.75 Å². The number of phenolic OH excluding ortho intramolecular Hbond substituents is 1. The van der Waals surface area contributed by atoms with E-state index in [0.29, 0.717) is 11.5 Å². The number of rotatable bonds is 4. The third-order valence-corrected chi connectivity index (χ3v) is 3.56. The van der Waals surface area contributed by atoms with Crippen molar-refractivity contribution in [2.24, 2.45) is 0 Å². The third-order valence-electron chi connectivity index (χ3n) is 3.56. The molecule has 0 saturated carbocycles. The molecule has 0 bridgehead atoms. The summed E-state index contributed by atoms with van der Waals surface area (Å²) in [6, 6.07) is 15.9. The Morgan fingerprint density at radius 3 is 2.30 bits per heavy atom. The van der Waals surface area contributed by atoms with Gasteiger partial charge in [0.2, 0.25) is 5.89 Å². The Morgan fingerprint density at radius 1 is 1.04 bits per heavy atom. The van der Waals surface area contributed by atoms with Crippen LogP contribution in [0.1, 0.15) is 18.7 Å². The molecule has 0 spiro atoms. The predicted molar refractivity (Wildman–Crippen MR) is 85.1 cm³/mol. The van der Waals surface area contributed by atoms with Crippen LogP contribution in [0.3, 0.4) is 0 Å². The quantitative estimate of drug-likeness (QED) is 0.763. The summed E-state index contributed by atoms with van der Waals surface area (Å²) in [5.74, 6) is -1.03. The minimum Gasteiger partial charge on any atom is -0.508 e. The molecule has 1 heterocycles. The fourth-order valence-corrected chi connectivity index (χ4v) is 2.23. The molecule has 3 rings (SSSR count). The largest absolute Gasteiger partial charge is 0.508 e. The fourth-order valence-electron chi connectivity index (χ4n) is 2.23. The molecule has 0 saturated heterocycles. The van der Waals surface area contributed by atoms with Gasteiger partial charge in [0.05, 0.1) is 0 Å². The van der Waals surface area contributed by atoms with E-state index in [-0.39, 0.29) is 11.6 Å². The third kappa shape index (κ3) is 2.94. The van der Waals surface area contributed by atoms with Crippen LogP contribution in [0.4, 0.5) is 0 Å². The van der Waals surface area contributed by atoms with Crippen LogP contribution in [-0.4, -0.2) is 21.2 Å². The normalized spacial score (nSPS) is 12.0. The molecule has 2 aromatic carbocycles. The molecule has 5 heteroatoms. The van der Waals surface area contributed by atoms with Crippen LogP contribution >= 0.6 is 0 Å². The van der Waals surface area contributed by atoms with Gasteiger partial charge in [0.1, 0.15) is 17.4 Å². The maximum atomic E-state index is 11.2. The van der Waals surface area contributed by atoms with Crippen LogP contribution in [-0.2, 0) is 4.79 Å². The van der Waals surface area contributed by atoms with Crippen molar-refractivity contribution >= 4 is 5.97 Å². The SMILES string of the molecule is CC(C(=O)O)c1nc(-c2ccc(O)cc2)c(-c2ccccc2)o1. The van der Waals surface area contributed by atoms with Crippen molar-refractivity contribution in [3.63, 3.8) is 0 Å². The lowest BCUT2D eigenvalue weighted by Crippen LogP contribution is -2.07. The zero-order chi connectivity index (χ0) is 16.4. The number of phenols is 1. The molecule has 5 nitrogen and oxygen atoms in total. The van der Waals surface area contributed by atoms with E-state index in [1.54, 1.807) is 24.3 Å². The number of oxazole rings is 1. The number of carbonyl (C=O) groups is 1. The minimum absolute atomic E-state index is 0.151. The Bertz CT molecular complexity index is 822. The van der Waals surface area contributed by atoms with Crippen molar-refractivity contribution in [1.29, 1.82) is 0 Å². The van der Waals surface area contributed by atoms with Crippen molar-refractivity contribution in [3.8, 4) is 28.3 Å². The van der Waals surface area contributed by atoms with E-state index >= 15 is 0 Å². The number of hydrogen-bond donors (Lipinski definition) is 2. The maximum absolute atomic E-state index is 11.2. The van der Waals surface area contributed by atoms with Gasteiger partial charge in [0.15, 0.2) is 5.76 Å². The van der Waals surface area contributed by atoms with E-state index < -0.39 is 11.9 Å². The predicted octanol–water partition coefficient (Wildman–Crippen LogP) is 3.90. The molecule has 116 valence electrons. The standard InChI is InChI=1S/C18H15NO4/c1-11(18(21)22)17-19-15(12-7-9-14(20)10-8-12)16(23-17)13-5-3-2-4-6-13/h2-11,20H,1H3,(H,21,22). The van der Waals surface area contributed by atoms with E-state index in [1.807, 2.05) is 30.3 Å². The van der Waals surface area contributed by atoms with Crippen LogP contribution in [0.15, 0.2) is 59.0 Å². The number of hydrogen-bond acceptors (Lipinski definition) is 4. The molecule has 1 atom stereocenters. The summed E-state index contributed by atoms with van der Waals surface area (Å²) >= 11 is 0. The van der Waals surface area contributed by atoms with Crippen LogP contribution in [0, 0.1) is 0 Å². The van der Waals surface area contributed by atoms with Gasteiger partial charge in [0.25, 0.3) is 0 Å². The highest BCUT2D eigenvalue weighted by Gasteiger charge is 2.24. The molecular formula is C18H15NO4. The van der Waals surface area contributed by atoms with E-state index in [2.05, 4.69) is 4.98 Å². The van der Waals surface area contributed by atoms with Gasteiger partial charge in [-0.05, 0) is 31.2 Å². The summed E-state index contributed by atoms with van der Waals surface area (Å²) in [4.78, 5) is 15.6. The first kappa shape index (κ1) is 14.8. The average Bonchev–Trinajstić information content (AvgIpc) is 3.00. The number of aromatic nitrogens is 1. The summed E-state index contributed by atoms with van der Waals surface area (Å²) in [5.41, 5.74) is 2.11. The second-order valence-corrected chi connectivity index (χ2v) is 5.20. The Hall–Kier alpha value is -3.08. The molecule has 0 aliphatic heterocycles. The Labute approximate surface area is 132 Å². The number of nitrogens with zero attached hydrogens (tertiary/aromatic N) is 1. The highest BCUT2D eigenvalue weighted by Crippen LogP contribution is 2.35. The minimum atomic E-state index is -0.997. The Balaban J connectivity index is 2.16. The monoisotopic (exact) mass is 309 g/mol. The van der Waals surface area contributed by atoms with Gasteiger partial charge in [0, 0.05) is 11.1 Å². The van der Waals surface area contributed by atoms with E-state index in [4.69, 9.17) is 4.42 Å². The number of carboxylic acids is 1. The molecule has 0 fully saturated rings. The lowest BCUT2D eigenvalue weighted by atomic mass is 10.1. The number of aliphatic carboxylic acids is 1. The topological polar surface area (TPSA) is 83.6 Å². The van der Waals surface area contributed by atoms with Crippen molar-refractivity contribution < 1.29 is 19.4 Å². The van der Waals surface area contributed by atoms with Crippen LogP contribution in [0.25, 0.3) is 22.6 Å². The van der Waals surface area contributed by atoms with Gasteiger partial charge in [-0.25, -0.2) is 4.98 Å².